The van der Waals surface area contributed by atoms with E-state index in [-0.39, 0.29) is 22.5 Å². The Labute approximate surface area is 153 Å². The lowest BCUT2D eigenvalue weighted by Crippen LogP contribution is -2.38. The summed E-state index contributed by atoms with van der Waals surface area (Å²) in [5.74, 6) is 4.89. The smallest absolute Gasteiger partial charge is 0.267 e. The molecule has 0 spiro atoms. The molecule has 9 nitrogen and oxygen atoms in total. The highest BCUT2D eigenvalue weighted by Gasteiger charge is 2.30. The predicted molar refractivity (Wildman–Crippen MR) is 98.1 cm³/mol. The molecule has 3 N–H and O–H groups in total. The third-order valence-electron chi connectivity index (χ3n) is 3.96. The molecule has 0 fully saturated rings. The van der Waals surface area contributed by atoms with Gasteiger partial charge in [-0.15, -0.1) is 0 Å². The van der Waals surface area contributed by atoms with Gasteiger partial charge in [-0.3, -0.25) is 19.7 Å². The number of carbonyl (C=O) groups excluding carboxylic acids is 2. The van der Waals surface area contributed by atoms with Crippen LogP contribution in [0.25, 0.3) is 5.70 Å². The topological polar surface area (TPSA) is 131 Å². The molecule has 1 aliphatic heterocycles. The molecule has 0 bridgehead atoms. The van der Waals surface area contributed by atoms with Crippen LogP contribution in [0, 0.1) is 10.1 Å². The SMILES string of the molecule is CC1=NNC(=O)C1=C(c1ccccc1)N(N)C(=O)c1cccc([N+](=O)[O-])c1. The minimum atomic E-state index is -0.697. The molecular weight excluding hydrogens is 350 g/mol. The molecular formula is C18H15N5O4. The zero-order valence-electron chi connectivity index (χ0n) is 14.2. The summed E-state index contributed by atoms with van der Waals surface area (Å²) in [5, 5.41) is 15.7. The summed E-state index contributed by atoms with van der Waals surface area (Å²) in [4.78, 5) is 35.5. The number of amides is 2. The number of nitrogens with zero attached hydrogens (tertiary/aromatic N) is 3. The van der Waals surface area contributed by atoms with Crippen molar-refractivity contribution in [3.05, 3.63) is 81.4 Å². The molecule has 0 saturated carbocycles. The highest BCUT2D eigenvalue weighted by atomic mass is 16.6. The van der Waals surface area contributed by atoms with Crippen LogP contribution in [0.5, 0.6) is 0 Å². The zero-order chi connectivity index (χ0) is 19.6. The molecule has 0 aromatic heterocycles. The Morgan fingerprint density at radius 3 is 2.41 bits per heavy atom. The largest absolute Gasteiger partial charge is 0.275 e. The van der Waals surface area contributed by atoms with Crippen LogP contribution in [-0.4, -0.2) is 27.5 Å². The molecule has 1 heterocycles. The van der Waals surface area contributed by atoms with Crippen molar-refractivity contribution in [3.8, 4) is 0 Å². The lowest BCUT2D eigenvalue weighted by atomic mass is 10.0. The minimum absolute atomic E-state index is 0.0220. The van der Waals surface area contributed by atoms with Crippen LogP contribution in [0.2, 0.25) is 0 Å². The molecule has 0 unspecified atom stereocenters. The molecule has 0 radical (unpaired) electrons. The number of nitro groups is 1. The number of carbonyl (C=O) groups is 2. The van der Waals surface area contributed by atoms with Crippen LogP contribution in [0.1, 0.15) is 22.8 Å². The first-order chi connectivity index (χ1) is 12.9. The molecule has 0 saturated heterocycles. The van der Waals surface area contributed by atoms with Gasteiger partial charge in [-0.05, 0) is 13.0 Å². The van der Waals surface area contributed by atoms with Crippen LogP contribution in [0.3, 0.4) is 0 Å². The third-order valence-corrected chi connectivity index (χ3v) is 3.96. The Hall–Kier alpha value is -3.85. The van der Waals surface area contributed by atoms with E-state index in [9.17, 15) is 19.7 Å². The van der Waals surface area contributed by atoms with Crippen molar-refractivity contribution in [3.63, 3.8) is 0 Å². The lowest BCUT2D eigenvalue weighted by Gasteiger charge is -2.22. The number of nitrogens with two attached hydrogens (primary N) is 1. The molecule has 2 aromatic carbocycles. The summed E-state index contributed by atoms with van der Waals surface area (Å²) in [6.45, 7) is 1.61. The average Bonchev–Trinajstić information content (AvgIpc) is 3.01. The van der Waals surface area contributed by atoms with Gasteiger partial charge in [0.15, 0.2) is 0 Å². The Balaban J connectivity index is 2.11. The number of nitro benzene ring substituents is 1. The molecule has 2 aromatic rings. The van der Waals surface area contributed by atoms with Gasteiger partial charge in [-0.25, -0.2) is 16.3 Å². The first-order valence-electron chi connectivity index (χ1n) is 7.88. The summed E-state index contributed by atoms with van der Waals surface area (Å²) in [7, 11) is 0. The highest BCUT2D eigenvalue weighted by molar-refractivity contribution is 6.29. The number of hydrazine groups is 1. The van der Waals surface area contributed by atoms with Gasteiger partial charge < -0.3 is 0 Å². The summed E-state index contributed by atoms with van der Waals surface area (Å²) >= 11 is 0. The Kier molecular flexibility index (Phi) is 4.77. The first-order valence-corrected chi connectivity index (χ1v) is 7.88. The van der Waals surface area contributed by atoms with E-state index < -0.39 is 16.7 Å². The van der Waals surface area contributed by atoms with Crippen molar-refractivity contribution in [2.75, 3.05) is 0 Å². The monoisotopic (exact) mass is 365 g/mol. The van der Waals surface area contributed by atoms with Gasteiger partial charge in [-0.1, -0.05) is 36.4 Å². The van der Waals surface area contributed by atoms with E-state index >= 15 is 0 Å². The molecule has 27 heavy (non-hydrogen) atoms. The van der Waals surface area contributed by atoms with E-state index in [1.165, 1.54) is 18.2 Å². The fourth-order valence-electron chi connectivity index (χ4n) is 2.68. The van der Waals surface area contributed by atoms with E-state index in [0.717, 1.165) is 11.1 Å². The van der Waals surface area contributed by atoms with Gasteiger partial charge >= 0.3 is 0 Å². The lowest BCUT2D eigenvalue weighted by molar-refractivity contribution is -0.384. The third kappa shape index (κ3) is 3.44. The number of rotatable bonds is 4. The number of non-ortho nitro benzene ring substituents is 1. The molecule has 9 heteroatoms. The maximum atomic E-state index is 12.9. The molecule has 136 valence electrons. The van der Waals surface area contributed by atoms with Crippen molar-refractivity contribution in [2.24, 2.45) is 10.9 Å². The second-order valence-electron chi connectivity index (χ2n) is 5.71. The number of benzene rings is 2. The fraction of sp³-hybridized carbons (Fsp3) is 0.0556. The van der Waals surface area contributed by atoms with E-state index in [4.69, 9.17) is 5.84 Å². The van der Waals surface area contributed by atoms with Gasteiger partial charge in [0.2, 0.25) is 0 Å². The quantitative estimate of drug-likeness (QED) is 0.280. The fourth-order valence-corrected chi connectivity index (χ4v) is 2.68. The maximum absolute atomic E-state index is 12.9. The summed E-state index contributed by atoms with van der Waals surface area (Å²) < 4.78 is 0. The van der Waals surface area contributed by atoms with Gasteiger partial charge in [0, 0.05) is 23.3 Å². The van der Waals surface area contributed by atoms with Gasteiger partial charge in [-0.2, -0.15) is 5.10 Å². The molecule has 0 aliphatic carbocycles. The van der Waals surface area contributed by atoms with Crippen molar-refractivity contribution < 1.29 is 14.5 Å². The number of hydrogen-bond donors (Lipinski definition) is 2. The van der Waals surface area contributed by atoms with Crippen LogP contribution in [-0.2, 0) is 4.79 Å². The number of nitrogens with one attached hydrogen (secondary N) is 1. The van der Waals surface area contributed by atoms with Crippen molar-refractivity contribution in [1.82, 2.24) is 10.4 Å². The van der Waals surface area contributed by atoms with Crippen molar-refractivity contribution in [1.29, 1.82) is 0 Å². The standard InChI is InChI=1S/C18H15N5O4/c1-11-15(17(24)21-20-11)16(12-6-3-2-4-7-12)22(19)18(25)13-8-5-9-14(10-13)23(26)27/h2-10H,19H2,1H3,(H,21,24). The zero-order valence-corrected chi connectivity index (χ0v) is 14.2. The minimum Gasteiger partial charge on any atom is -0.267 e. The first kappa shape index (κ1) is 18.0. The van der Waals surface area contributed by atoms with E-state index in [1.54, 1.807) is 37.3 Å². The molecule has 2 amide bonds. The average molecular weight is 365 g/mol. The number of hydrazone groups is 1. The van der Waals surface area contributed by atoms with Gasteiger partial charge in [0.25, 0.3) is 17.5 Å². The van der Waals surface area contributed by atoms with Crippen LogP contribution in [0.15, 0.2) is 65.3 Å². The molecule has 3 rings (SSSR count). The normalized spacial score (nSPS) is 15.0. The van der Waals surface area contributed by atoms with Crippen LogP contribution >= 0.6 is 0 Å². The summed E-state index contributed by atoms with van der Waals surface area (Å²) in [5.41, 5.74) is 3.34. The Bertz CT molecular complexity index is 998. The second kappa shape index (κ2) is 7.18. The van der Waals surface area contributed by atoms with Crippen LogP contribution in [0.4, 0.5) is 5.69 Å². The van der Waals surface area contributed by atoms with Gasteiger partial charge in [0.1, 0.15) is 0 Å². The molecule has 1 aliphatic rings. The Morgan fingerprint density at radius 2 is 1.81 bits per heavy atom. The second-order valence-corrected chi connectivity index (χ2v) is 5.71. The van der Waals surface area contributed by atoms with Crippen molar-refractivity contribution >= 4 is 28.9 Å². The summed E-state index contributed by atoms with van der Waals surface area (Å²) in [6, 6.07) is 13.9. The van der Waals surface area contributed by atoms with E-state index in [2.05, 4.69) is 10.5 Å². The summed E-state index contributed by atoms with van der Waals surface area (Å²) in [6.07, 6.45) is 0. The number of hydrogen-bond acceptors (Lipinski definition) is 6. The van der Waals surface area contributed by atoms with Crippen molar-refractivity contribution in [2.45, 2.75) is 6.92 Å². The van der Waals surface area contributed by atoms with E-state index in [0.29, 0.717) is 11.3 Å². The van der Waals surface area contributed by atoms with E-state index in [1.807, 2.05) is 0 Å². The molecule has 0 atom stereocenters. The highest BCUT2D eigenvalue weighted by Crippen LogP contribution is 2.26. The van der Waals surface area contributed by atoms with Crippen LogP contribution < -0.4 is 11.3 Å². The maximum Gasteiger partial charge on any atom is 0.275 e. The Morgan fingerprint density at radius 1 is 1.15 bits per heavy atom. The van der Waals surface area contributed by atoms with Gasteiger partial charge in [0.05, 0.1) is 21.9 Å². The predicted octanol–water partition coefficient (Wildman–Crippen LogP) is 1.83.